The lowest BCUT2D eigenvalue weighted by molar-refractivity contribution is -0.121. The molecule has 20 heavy (non-hydrogen) atoms. The molecule has 0 fully saturated rings. The van der Waals surface area contributed by atoms with Crippen molar-refractivity contribution in [1.29, 1.82) is 0 Å². The van der Waals surface area contributed by atoms with Gasteiger partial charge in [0.1, 0.15) is 11.5 Å². The Morgan fingerprint density at radius 3 is 3.00 bits per heavy atom. The molecule has 3 rings (SSSR count). The molecule has 0 unspecified atom stereocenters. The Labute approximate surface area is 119 Å². The molecule has 2 aliphatic heterocycles. The average Bonchev–Trinajstić information content (AvgIpc) is 3.06. The molecule has 4 heteroatoms. The number of benzene rings is 1. The third kappa shape index (κ3) is 2.47. The molecule has 4 nitrogen and oxygen atoms in total. The number of fused-ring (bicyclic) bond motifs is 2. The summed E-state index contributed by atoms with van der Waals surface area (Å²) in [6.07, 6.45) is 4.22. The van der Waals surface area contributed by atoms with E-state index in [1.165, 1.54) is 16.7 Å². The molecule has 1 amide bonds. The van der Waals surface area contributed by atoms with Crippen LogP contribution in [0.2, 0.25) is 0 Å². The lowest BCUT2D eigenvalue weighted by atomic mass is 9.97. The highest BCUT2D eigenvalue weighted by Crippen LogP contribution is 2.40. The number of rotatable bonds is 5. The van der Waals surface area contributed by atoms with E-state index in [0.717, 1.165) is 50.4 Å². The average molecular weight is 275 g/mol. The zero-order valence-corrected chi connectivity index (χ0v) is 12.0. The van der Waals surface area contributed by atoms with Crippen LogP contribution in [0.5, 0.6) is 11.5 Å². The molecule has 108 valence electrons. The highest BCUT2D eigenvalue weighted by molar-refractivity contribution is 5.75. The Morgan fingerprint density at radius 1 is 1.30 bits per heavy atom. The summed E-state index contributed by atoms with van der Waals surface area (Å²) in [7, 11) is 0. The Kier molecular flexibility index (Phi) is 3.81. The van der Waals surface area contributed by atoms with Crippen molar-refractivity contribution in [2.75, 3.05) is 19.8 Å². The van der Waals surface area contributed by atoms with Crippen molar-refractivity contribution in [1.82, 2.24) is 5.32 Å². The van der Waals surface area contributed by atoms with Crippen LogP contribution in [0, 0.1) is 0 Å². The van der Waals surface area contributed by atoms with Crippen LogP contribution >= 0.6 is 0 Å². The number of carbonyl (C=O) groups is 1. The summed E-state index contributed by atoms with van der Waals surface area (Å²) in [5.74, 6) is 2.19. The Balaban J connectivity index is 1.74. The molecular weight excluding hydrogens is 254 g/mol. The van der Waals surface area contributed by atoms with Crippen LogP contribution in [0.15, 0.2) is 6.07 Å². The minimum atomic E-state index is 0.133. The third-order valence-electron chi connectivity index (χ3n) is 3.93. The first-order chi connectivity index (χ1) is 9.79. The van der Waals surface area contributed by atoms with E-state index in [1.54, 1.807) is 0 Å². The van der Waals surface area contributed by atoms with Crippen LogP contribution in [0.1, 0.15) is 36.5 Å². The SMILES string of the molecule is CCCC(=O)NCCc1c2c(cc3c1OCC3)OCC2. The van der Waals surface area contributed by atoms with Gasteiger partial charge in [-0.2, -0.15) is 0 Å². The minimum Gasteiger partial charge on any atom is -0.493 e. The molecule has 0 bridgehead atoms. The molecule has 1 N–H and O–H groups in total. The zero-order valence-electron chi connectivity index (χ0n) is 12.0. The Bertz CT molecular complexity index is 493. The summed E-state index contributed by atoms with van der Waals surface area (Å²) >= 11 is 0. The maximum Gasteiger partial charge on any atom is 0.219 e. The van der Waals surface area contributed by atoms with Crippen molar-refractivity contribution >= 4 is 5.91 Å². The zero-order chi connectivity index (χ0) is 13.9. The minimum absolute atomic E-state index is 0.133. The summed E-state index contributed by atoms with van der Waals surface area (Å²) in [4.78, 5) is 11.5. The number of nitrogens with one attached hydrogen (secondary N) is 1. The number of carbonyl (C=O) groups excluding carboxylic acids is 1. The fraction of sp³-hybridized carbons (Fsp3) is 0.562. The van der Waals surface area contributed by atoms with Crippen molar-refractivity contribution in [2.24, 2.45) is 0 Å². The molecule has 0 saturated heterocycles. The normalized spacial score (nSPS) is 15.2. The van der Waals surface area contributed by atoms with E-state index in [2.05, 4.69) is 11.4 Å². The third-order valence-corrected chi connectivity index (χ3v) is 3.93. The van der Waals surface area contributed by atoms with E-state index in [1.807, 2.05) is 6.92 Å². The smallest absolute Gasteiger partial charge is 0.219 e. The fourth-order valence-corrected chi connectivity index (χ4v) is 2.99. The highest BCUT2D eigenvalue weighted by atomic mass is 16.5. The van der Waals surface area contributed by atoms with Gasteiger partial charge in [0.15, 0.2) is 0 Å². The Hall–Kier alpha value is -1.71. The predicted molar refractivity (Wildman–Crippen MR) is 76.5 cm³/mol. The predicted octanol–water partition coefficient (Wildman–Crippen LogP) is 2.02. The number of hydrogen-bond acceptors (Lipinski definition) is 3. The second-order valence-corrected chi connectivity index (χ2v) is 5.37. The van der Waals surface area contributed by atoms with Crippen molar-refractivity contribution in [2.45, 2.75) is 39.0 Å². The summed E-state index contributed by atoms with van der Waals surface area (Å²) in [5.41, 5.74) is 3.76. The molecular formula is C16H21NO3. The standard InChI is InChI=1S/C16H21NO3/c1-2-3-15(18)17-7-4-13-12-6-9-19-14(12)10-11-5-8-20-16(11)13/h10H,2-9H2,1H3,(H,17,18). The first kappa shape index (κ1) is 13.3. The van der Waals surface area contributed by atoms with Crippen molar-refractivity contribution in [3.63, 3.8) is 0 Å². The van der Waals surface area contributed by atoms with Crippen molar-refractivity contribution < 1.29 is 14.3 Å². The van der Waals surface area contributed by atoms with E-state index in [-0.39, 0.29) is 5.91 Å². The maximum absolute atomic E-state index is 11.5. The lowest BCUT2D eigenvalue weighted by Gasteiger charge is -2.13. The van der Waals surface area contributed by atoms with E-state index in [9.17, 15) is 4.79 Å². The van der Waals surface area contributed by atoms with Gasteiger partial charge in [0.25, 0.3) is 0 Å². The largest absolute Gasteiger partial charge is 0.493 e. The van der Waals surface area contributed by atoms with E-state index in [0.29, 0.717) is 13.0 Å². The molecule has 1 aromatic carbocycles. The monoisotopic (exact) mass is 275 g/mol. The van der Waals surface area contributed by atoms with Gasteiger partial charge in [-0.05, 0) is 18.9 Å². The maximum atomic E-state index is 11.5. The molecule has 0 aliphatic carbocycles. The second kappa shape index (κ2) is 5.73. The molecule has 0 saturated carbocycles. The summed E-state index contributed by atoms with van der Waals surface area (Å²) in [6, 6.07) is 2.13. The van der Waals surface area contributed by atoms with Crippen LogP contribution in [-0.4, -0.2) is 25.7 Å². The molecule has 0 radical (unpaired) electrons. The van der Waals surface area contributed by atoms with Crippen LogP contribution in [0.4, 0.5) is 0 Å². The molecule has 0 aromatic heterocycles. The van der Waals surface area contributed by atoms with Gasteiger partial charge in [0.2, 0.25) is 5.91 Å². The van der Waals surface area contributed by atoms with Crippen LogP contribution < -0.4 is 14.8 Å². The van der Waals surface area contributed by atoms with Crippen LogP contribution in [0.25, 0.3) is 0 Å². The summed E-state index contributed by atoms with van der Waals surface area (Å²) in [5, 5.41) is 2.98. The first-order valence-corrected chi connectivity index (χ1v) is 7.49. The molecule has 0 atom stereocenters. The highest BCUT2D eigenvalue weighted by Gasteiger charge is 2.26. The molecule has 2 heterocycles. The fourth-order valence-electron chi connectivity index (χ4n) is 2.99. The van der Waals surface area contributed by atoms with E-state index < -0.39 is 0 Å². The van der Waals surface area contributed by atoms with Gasteiger partial charge in [-0.1, -0.05) is 6.92 Å². The summed E-state index contributed by atoms with van der Waals surface area (Å²) in [6.45, 7) is 4.20. The van der Waals surface area contributed by atoms with E-state index >= 15 is 0 Å². The van der Waals surface area contributed by atoms with Gasteiger partial charge < -0.3 is 14.8 Å². The van der Waals surface area contributed by atoms with Gasteiger partial charge in [0.05, 0.1) is 13.2 Å². The van der Waals surface area contributed by atoms with Crippen molar-refractivity contribution in [3.05, 3.63) is 22.8 Å². The first-order valence-electron chi connectivity index (χ1n) is 7.49. The van der Waals surface area contributed by atoms with Gasteiger partial charge in [-0.3, -0.25) is 4.79 Å². The number of ether oxygens (including phenoxy) is 2. The quantitative estimate of drug-likeness (QED) is 0.894. The van der Waals surface area contributed by atoms with E-state index in [4.69, 9.17) is 9.47 Å². The van der Waals surface area contributed by atoms with Gasteiger partial charge >= 0.3 is 0 Å². The van der Waals surface area contributed by atoms with Crippen LogP contribution in [0.3, 0.4) is 0 Å². The van der Waals surface area contributed by atoms with Gasteiger partial charge in [-0.15, -0.1) is 0 Å². The molecule has 0 spiro atoms. The number of amides is 1. The summed E-state index contributed by atoms with van der Waals surface area (Å²) < 4.78 is 11.5. The van der Waals surface area contributed by atoms with Crippen LogP contribution in [-0.2, 0) is 24.1 Å². The lowest BCUT2D eigenvalue weighted by Crippen LogP contribution is -2.25. The topological polar surface area (TPSA) is 47.6 Å². The van der Waals surface area contributed by atoms with Gasteiger partial charge in [-0.25, -0.2) is 0 Å². The number of hydrogen-bond donors (Lipinski definition) is 1. The molecule has 2 aliphatic rings. The van der Waals surface area contributed by atoms with Gasteiger partial charge in [0, 0.05) is 42.5 Å². The van der Waals surface area contributed by atoms with Crippen molar-refractivity contribution in [3.8, 4) is 11.5 Å². The Morgan fingerprint density at radius 2 is 2.15 bits per heavy atom. The second-order valence-electron chi connectivity index (χ2n) is 5.37. The molecule has 1 aromatic rings.